The van der Waals surface area contributed by atoms with E-state index in [1.165, 1.54) is 12.8 Å². The van der Waals surface area contributed by atoms with E-state index in [0.717, 1.165) is 32.5 Å². The Hall–Kier alpha value is -0.160. The Morgan fingerprint density at radius 1 is 1.47 bits per heavy atom. The van der Waals surface area contributed by atoms with Gasteiger partial charge >= 0.3 is 0 Å². The second-order valence-electron chi connectivity index (χ2n) is 6.10. The molecule has 0 amide bonds. The Balaban J connectivity index is 2.80. The van der Waals surface area contributed by atoms with Crippen molar-refractivity contribution < 1.29 is 9.47 Å². The highest BCUT2D eigenvalue weighted by atomic mass is 16.5. The van der Waals surface area contributed by atoms with Crippen LogP contribution in [0.25, 0.3) is 0 Å². The van der Waals surface area contributed by atoms with E-state index in [1.807, 2.05) is 0 Å². The highest BCUT2D eigenvalue weighted by Gasteiger charge is 2.44. The topological polar surface area (TPSA) is 56.5 Å². The molecule has 0 aromatic heterocycles. The summed E-state index contributed by atoms with van der Waals surface area (Å²) >= 11 is 0. The van der Waals surface area contributed by atoms with Gasteiger partial charge in [-0.1, -0.05) is 26.7 Å². The quantitative estimate of drug-likeness (QED) is 0.526. The normalized spacial score (nSPS) is 31.1. The molecule has 0 bridgehead atoms. The summed E-state index contributed by atoms with van der Waals surface area (Å²) in [5, 5.41) is 0. The van der Waals surface area contributed by atoms with Crippen molar-refractivity contribution in [2.24, 2.45) is 17.7 Å². The largest absolute Gasteiger partial charge is 0.385 e. The molecule has 4 heteroatoms. The van der Waals surface area contributed by atoms with Crippen molar-refractivity contribution in [1.82, 2.24) is 5.43 Å². The highest BCUT2D eigenvalue weighted by molar-refractivity contribution is 4.98. The smallest absolute Gasteiger partial charge is 0.0853 e. The molecular formula is C15H32N2O2. The highest BCUT2D eigenvalue weighted by Crippen LogP contribution is 2.40. The van der Waals surface area contributed by atoms with Gasteiger partial charge in [0, 0.05) is 20.3 Å². The van der Waals surface area contributed by atoms with Crippen LogP contribution < -0.4 is 11.3 Å². The molecule has 4 unspecified atom stereocenters. The third-order valence-corrected chi connectivity index (χ3v) is 4.52. The summed E-state index contributed by atoms with van der Waals surface area (Å²) in [6.07, 6.45) is 5.76. The Bertz CT molecular complexity index is 246. The molecule has 4 atom stereocenters. The Morgan fingerprint density at radius 2 is 2.21 bits per heavy atom. The molecule has 0 heterocycles. The lowest BCUT2D eigenvalue weighted by Gasteiger charge is -2.47. The Morgan fingerprint density at radius 3 is 2.74 bits per heavy atom. The van der Waals surface area contributed by atoms with E-state index in [9.17, 15) is 0 Å². The van der Waals surface area contributed by atoms with Gasteiger partial charge in [-0.25, -0.2) is 0 Å². The summed E-state index contributed by atoms with van der Waals surface area (Å²) in [7, 11) is 1.75. The minimum absolute atomic E-state index is 0.103. The van der Waals surface area contributed by atoms with E-state index >= 15 is 0 Å². The summed E-state index contributed by atoms with van der Waals surface area (Å²) in [5.74, 6) is 7.03. The third-order valence-electron chi connectivity index (χ3n) is 4.52. The maximum absolute atomic E-state index is 6.21. The van der Waals surface area contributed by atoms with Gasteiger partial charge in [0.1, 0.15) is 0 Å². The average molecular weight is 272 g/mol. The number of nitrogens with two attached hydrogens (primary N) is 1. The van der Waals surface area contributed by atoms with Crippen molar-refractivity contribution in [3.05, 3.63) is 0 Å². The molecule has 1 saturated carbocycles. The first-order valence-corrected chi connectivity index (χ1v) is 7.68. The molecule has 4 nitrogen and oxygen atoms in total. The standard InChI is InChI=1S/C15H32N2O2/c1-5-19-15(9-6-7-12(2)11-15)14(17-16)13(3)8-10-18-4/h12-14,17H,5-11,16H2,1-4H3. The van der Waals surface area contributed by atoms with Crippen LogP contribution in [0.1, 0.15) is 52.9 Å². The summed E-state index contributed by atoms with van der Waals surface area (Å²) in [6, 6.07) is 0.199. The molecule has 0 aliphatic heterocycles. The van der Waals surface area contributed by atoms with Gasteiger partial charge in [0.15, 0.2) is 0 Å². The van der Waals surface area contributed by atoms with Crippen LogP contribution in [0.3, 0.4) is 0 Å². The first kappa shape index (κ1) is 16.9. The van der Waals surface area contributed by atoms with Gasteiger partial charge in [0.05, 0.1) is 11.6 Å². The zero-order valence-corrected chi connectivity index (χ0v) is 13.1. The van der Waals surface area contributed by atoms with Crippen LogP contribution in [-0.4, -0.2) is 32.0 Å². The van der Waals surface area contributed by atoms with E-state index in [0.29, 0.717) is 11.8 Å². The first-order chi connectivity index (χ1) is 9.09. The fourth-order valence-corrected chi connectivity index (χ4v) is 3.64. The maximum atomic E-state index is 6.21. The van der Waals surface area contributed by atoms with Crippen LogP contribution in [0.15, 0.2) is 0 Å². The van der Waals surface area contributed by atoms with Crippen LogP contribution >= 0.6 is 0 Å². The Kier molecular flexibility index (Phi) is 7.29. The molecule has 1 aliphatic rings. The van der Waals surface area contributed by atoms with Crippen LogP contribution in [0, 0.1) is 11.8 Å². The number of ether oxygens (including phenoxy) is 2. The molecule has 114 valence electrons. The molecule has 0 spiro atoms. The molecule has 3 N–H and O–H groups in total. The number of rotatable bonds is 8. The minimum Gasteiger partial charge on any atom is -0.385 e. The lowest BCUT2D eigenvalue weighted by Crippen LogP contribution is -2.59. The van der Waals surface area contributed by atoms with Gasteiger partial charge in [-0.05, 0) is 38.0 Å². The van der Waals surface area contributed by atoms with Crippen LogP contribution in [0.4, 0.5) is 0 Å². The number of methoxy groups -OCH3 is 1. The number of hydrogen-bond donors (Lipinski definition) is 2. The van der Waals surface area contributed by atoms with Gasteiger partial charge in [0.2, 0.25) is 0 Å². The lowest BCUT2D eigenvalue weighted by atomic mass is 9.71. The monoisotopic (exact) mass is 272 g/mol. The average Bonchev–Trinajstić information content (AvgIpc) is 2.37. The molecular weight excluding hydrogens is 240 g/mol. The van der Waals surface area contributed by atoms with Gasteiger partial charge < -0.3 is 9.47 Å². The lowest BCUT2D eigenvalue weighted by molar-refractivity contribution is -0.112. The second kappa shape index (κ2) is 8.20. The predicted octanol–water partition coefficient (Wildman–Crippen LogP) is 2.48. The fraction of sp³-hybridized carbons (Fsp3) is 1.00. The summed E-state index contributed by atoms with van der Waals surface area (Å²) in [6.45, 7) is 8.16. The number of hydrazine groups is 1. The molecule has 0 aromatic rings. The molecule has 1 aliphatic carbocycles. The van der Waals surface area contributed by atoms with Crippen molar-refractivity contribution in [3.8, 4) is 0 Å². The molecule has 0 saturated heterocycles. The van der Waals surface area contributed by atoms with Crippen LogP contribution in [-0.2, 0) is 9.47 Å². The van der Waals surface area contributed by atoms with E-state index < -0.39 is 0 Å². The zero-order chi connectivity index (χ0) is 14.3. The second-order valence-corrected chi connectivity index (χ2v) is 6.10. The molecule has 1 fully saturated rings. The molecule has 0 radical (unpaired) electrons. The molecule has 19 heavy (non-hydrogen) atoms. The fourth-order valence-electron chi connectivity index (χ4n) is 3.64. The van der Waals surface area contributed by atoms with Crippen molar-refractivity contribution >= 4 is 0 Å². The summed E-state index contributed by atoms with van der Waals surface area (Å²) in [4.78, 5) is 0. The maximum Gasteiger partial charge on any atom is 0.0853 e. The summed E-state index contributed by atoms with van der Waals surface area (Å²) < 4.78 is 11.4. The van der Waals surface area contributed by atoms with Gasteiger partial charge in [-0.2, -0.15) is 0 Å². The van der Waals surface area contributed by atoms with E-state index in [4.69, 9.17) is 15.3 Å². The van der Waals surface area contributed by atoms with E-state index in [2.05, 4.69) is 26.2 Å². The minimum atomic E-state index is -0.103. The van der Waals surface area contributed by atoms with Crippen LogP contribution in [0.5, 0.6) is 0 Å². The predicted molar refractivity (Wildman–Crippen MR) is 78.8 cm³/mol. The Labute approximate surface area is 118 Å². The van der Waals surface area contributed by atoms with Crippen LogP contribution in [0.2, 0.25) is 0 Å². The van der Waals surface area contributed by atoms with Crippen molar-refractivity contribution in [2.75, 3.05) is 20.3 Å². The summed E-state index contributed by atoms with van der Waals surface area (Å²) in [5.41, 5.74) is 2.94. The molecule has 0 aromatic carbocycles. The van der Waals surface area contributed by atoms with Gasteiger partial charge in [0.25, 0.3) is 0 Å². The SMILES string of the molecule is CCOC1(C(NN)C(C)CCOC)CCCC(C)C1. The van der Waals surface area contributed by atoms with E-state index in [1.54, 1.807) is 7.11 Å². The zero-order valence-electron chi connectivity index (χ0n) is 13.1. The molecule has 1 rings (SSSR count). The third kappa shape index (κ3) is 4.42. The number of hydrogen-bond acceptors (Lipinski definition) is 4. The van der Waals surface area contributed by atoms with Gasteiger partial charge in [-0.3, -0.25) is 11.3 Å². The van der Waals surface area contributed by atoms with Crippen molar-refractivity contribution in [2.45, 2.75) is 64.5 Å². The first-order valence-electron chi connectivity index (χ1n) is 7.68. The van der Waals surface area contributed by atoms with Gasteiger partial charge in [-0.15, -0.1) is 0 Å². The van der Waals surface area contributed by atoms with Crippen molar-refractivity contribution in [1.29, 1.82) is 0 Å². The van der Waals surface area contributed by atoms with Crippen molar-refractivity contribution in [3.63, 3.8) is 0 Å². The van der Waals surface area contributed by atoms with E-state index in [-0.39, 0.29) is 11.6 Å². The number of nitrogens with one attached hydrogen (secondary N) is 1.